The van der Waals surface area contributed by atoms with E-state index in [1.54, 1.807) is 12.3 Å². The number of aromatic nitrogens is 1. The van der Waals surface area contributed by atoms with Gasteiger partial charge in [-0.2, -0.15) is 0 Å². The Morgan fingerprint density at radius 2 is 2.15 bits per heavy atom. The van der Waals surface area contributed by atoms with Crippen LogP contribution in [0.2, 0.25) is 5.02 Å². The number of hydrogen-bond donors (Lipinski definition) is 1. The van der Waals surface area contributed by atoms with Gasteiger partial charge in [-0.05, 0) is 43.8 Å². The lowest BCUT2D eigenvalue weighted by atomic mass is 10.2. The maximum atomic E-state index is 6.09. The summed E-state index contributed by atoms with van der Waals surface area (Å²) in [5, 5.41) is 3.88. The Kier molecular flexibility index (Phi) is 5.40. The normalized spacial score (nSPS) is 12.2. The Bertz CT molecular complexity index is 575. The molecule has 0 aliphatic rings. The molecule has 0 radical (unpaired) electrons. The van der Waals surface area contributed by atoms with E-state index in [9.17, 15) is 0 Å². The molecule has 0 aliphatic heterocycles. The summed E-state index contributed by atoms with van der Waals surface area (Å²) < 4.78 is 6.66. The van der Waals surface area contributed by atoms with E-state index in [0.717, 1.165) is 16.7 Å². The highest BCUT2D eigenvalue weighted by atomic mass is 79.9. The third-order valence-electron chi connectivity index (χ3n) is 2.83. The monoisotopic (exact) mass is 354 g/mol. The summed E-state index contributed by atoms with van der Waals surface area (Å²) in [7, 11) is 0. The Morgan fingerprint density at radius 3 is 2.80 bits per heavy atom. The Balaban J connectivity index is 2.12. The quantitative estimate of drug-likeness (QED) is 0.823. The van der Waals surface area contributed by atoms with Gasteiger partial charge in [0, 0.05) is 10.5 Å². The minimum absolute atomic E-state index is 0.225. The summed E-state index contributed by atoms with van der Waals surface area (Å²) in [6.45, 7) is 5.07. The van der Waals surface area contributed by atoms with Gasteiger partial charge in [-0.1, -0.05) is 34.5 Å². The zero-order valence-corrected chi connectivity index (χ0v) is 13.7. The van der Waals surface area contributed by atoms with Crippen LogP contribution in [0.15, 0.2) is 41.0 Å². The van der Waals surface area contributed by atoms with Crippen LogP contribution in [0.25, 0.3) is 0 Å². The fourth-order valence-electron chi connectivity index (χ4n) is 1.80. The van der Waals surface area contributed by atoms with Gasteiger partial charge >= 0.3 is 0 Å². The molecule has 0 amide bonds. The predicted octanol–water partition coefficient (Wildman–Crippen LogP) is 4.96. The Labute approximate surface area is 132 Å². The molecule has 2 aromatic rings. The van der Waals surface area contributed by atoms with Gasteiger partial charge < -0.3 is 10.1 Å². The minimum Gasteiger partial charge on any atom is -0.454 e. The fraction of sp³-hybridized carbons (Fsp3) is 0.267. The van der Waals surface area contributed by atoms with Crippen LogP contribution < -0.4 is 10.1 Å². The van der Waals surface area contributed by atoms with Crippen LogP contribution in [0, 0.1) is 0 Å². The average molecular weight is 356 g/mol. The number of halogens is 2. The number of hydrogen-bond acceptors (Lipinski definition) is 3. The highest BCUT2D eigenvalue weighted by molar-refractivity contribution is 9.10. The topological polar surface area (TPSA) is 34.1 Å². The van der Waals surface area contributed by atoms with Gasteiger partial charge in [-0.25, -0.2) is 0 Å². The van der Waals surface area contributed by atoms with Crippen molar-refractivity contribution in [3.8, 4) is 11.5 Å². The molecular weight excluding hydrogens is 340 g/mol. The van der Waals surface area contributed by atoms with E-state index in [4.69, 9.17) is 16.3 Å². The number of ether oxygens (including phenoxy) is 1. The first-order chi connectivity index (χ1) is 9.60. The van der Waals surface area contributed by atoms with Crippen LogP contribution in [-0.2, 0) is 0 Å². The summed E-state index contributed by atoms with van der Waals surface area (Å²) in [6.07, 6.45) is 1.71. The zero-order valence-electron chi connectivity index (χ0n) is 11.4. The molecule has 0 aliphatic carbocycles. The second kappa shape index (κ2) is 7.07. The minimum atomic E-state index is 0.225. The van der Waals surface area contributed by atoms with Crippen molar-refractivity contribution < 1.29 is 4.74 Å². The van der Waals surface area contributed by atoms with E-state index >= 15 is 0 Å². The molecule has 3 nitrogen and oxygen atoms in total. The van der Waals surface area contributed by atoms with Crippen LogP contribution in [0.5, 0.6) is 11.5 Å². The number of nitrogens with zero attached hydrogens (tertiary/aromatic N) is 1. The maximum absolute atomic E-state index is 6.09. The van der Waals surface area contributed by atoms with Crippen LogP contribution in [-0.4, -0.2) is 11.5 Å². The predicted molar refractivity (Wildman–Crippen MR) is 85.6 cm³/mol. The largest absolute Gasteiger partial charge is 0.454 e. The molecule has 0 saturated heterocycles. The number of pyridine rings is 1. The first-order valence-corrected chi connectivity index (χ1v) is 7.59. The third-order valence-corrected chi connectivity index (χ3v) is 3.64. The molecule has 1 heterocycles. The molecule has 106 valence electrons. The van der Waals surface area contributed by atoms with Crippen LogP contribution >= 0.6 is 27.5 Å². The van der Waals surface area contributed by atoms with Crippen LogP contribution in [0.4, 0.5) is 0 Å². The second-order valence-electron chi connectivity index (χ2n) is 4.37. The van der Waals surface area contributed by atoms with Crippen molar-refractivity contribution in [2.45, 2.75) is 19.9 Å². The van der Waals surface area contributed by atoms with E-state index in [-0.39, 0.29) is 6.04 Å². The SMILES string of the molecule is CCNC(C)c1ccc(Oc2cc(Br)ccc2Cl)cn1. The van der Waals surface area contributed by atoms with E-state index in [1.807, 2.05) is 24.3 Å². The van der Waals surface area contributed by atoms with E-state index < -0.39 is 0 Å². The van der Waals surface area contributed by atoms with Crippen LogP contribution in [0.1, 0.15) is 25.6 Å². The molecule has 0 fully saturated rings. The summed E-state index contributed by atoms with van der Waals surface area (Å²) in [5.74, 6) is 1.27. The van der Waals surface area contributed by atoms with Crippen molar-refractivity contribution in [1.29, 1.82) is 0 Å². The van der Waals surface area contributed by atoms with E-state index in [0.29, 0.717) is 16.5 Å². The molecule has 0 saturated carbocycles. The fourth-order valence-corrected chi connectivity index (χ4v) is 2.30. The molecule has 5 heteroatoms. The van der Waals surface area contributed by atoms with Crippen molar-refractivity contribution in [2.75, 3.05) is 6.54 Å². The lowest BCUT2D eigenvalue weighted by molar-refractivity contribution is 0.478. The van der Waals surface area contributed by atoms with Gasteiger partial charge in [-0.15, -0.1) is 0 Å². The first kappa shape index (κ1) is 15.3. The zero-order chi connectivity index (χ0) is 14.5. The summed E-state index contributed by atoms with van der Waals surface area (Å²) in [6, 6.07) is 9.56. The smallest absolute Gasteiger partial charge is 0.147 e. The van der Waals surface area contributed by atoms with Gasteiger partial charge in [-0.3, -0.25) is 4.98 Å². The van der Waals surface area contributed by atoms with Gasteiger partial charge in [0.25, 0.3) is 0 Å². The van der Waals surface area contributed by atoms with Crippen LogP contribution in [0.3, 0.4) is 0 Å². The molecule has 1 unspecified atom stereocenters. The Morgan fingerprint density at radius 1 is 1.35 bits per heavy atom. The molecule has 20 heavy (non-hydrogen) atoms. The molecule has 1 atom stereocenters. The van der Waals surface area contributed by atoms with Gasteiger partial charge in [0.05, 0.1) is 16.9 Å². The molecule has 1 aromatic carbocycles. The summed E-state index contributed by atoms with van der Waals surface area (Å²) >= 11 is 9.49. The number of rotatable bonds is 5. The molecule has 1 N–H and O–H groups in total. The van der Waals surface area contributed by atoms with Crippen molar-refractivity contribution in [1.82, 2.24) is 10.3 Å². The first-order valence-electron chi connectivity index (χ1n) is 6.42. The highest BCUT2D eigenvalue weighted by Crippen LogP contribution is 2.31. The third kappa shape index (κ3) is 3.95. The molecule has 0 bridgehead atoms. The second-order valence-corrected chi connectivity index (χ2v) is 5.70. The number of benzene rings is 1. The summed E-state index contributed by atoms with van der Waals surface area (Å²) in [5.41, 5.74) is 0.986. The van der Waals surface area contributed by atoms with Gasteiger partial charge in [0.15, 0.2) is 0 Å². The van der Waals surface area contributed by atoms with Crippen molar-refractivity contribution in [2.24, 2.45) is 0 Å². The standard InChI is InChI=1S/C15H16BrClN2O/c1-3-18-10(2)14-7-5-12(9-19-14)20-15-8-11(16)4-6-13(15)17/h4-10,18H,3H2,1-2H3. The lowest BCUT2D eigenvalue weighted by Gasteiger charge is -2.12. The average Bonchev–Trinajstić information content (AvgIpc) is 2.44. The van der Waals surface area contributed by atoms with Crippen molar-refractivity contribution in [3.63, 3.8) is 0 Å². The summed E-state index contributed by atoms with van der Waals surface area (Å²) in [4.78, 5) is 4.40. The Hall–Kier alpha value is -1.10. The molecule has 2 rings (SSSR count). The van der Waals surface area contributed by atoms with E-state index in [1.165, 1.54) is 0 Å². The highest BCUT2D eigenvalue weighted by Gasteiger charge is 2.07. The number of nitrogens with one attached hydrogen (secondary N) is 1. The van der Waals surface area contributed by atoms with Crippen molar-refractivity contribution >= 4 is 27.5 Å². The van der Waals surface area contributed by atoms with Crippen molar-refractivity contribution in [3.05, 3.63) is 51.7 Å². The van der Waals surface area contributed by atoms with Gasteiger partial charge in [0.2, 0.25) is 0 Å². The maximum Gasteiger partial charge on any atom is 0.147 e. The lowest BCUT2D eigenvalue weighted by Crippen LogP contribution is -2.18. The van der Waals surface area contributed by atoms with E-state index in [2.05, 4.69) is 40.1 Å². The van der Waals surface area contributed by atoms with Gasteiger partial charge in [0.1, 0.15) is 11.5 Å². The molecule has 0 spiro atoms. The molecule has 1 aromatic heterocycles. The molecular formula is C15H16BrClN2O.